The first kappa shape index (κ1) is 26.9. The van der Waals surface area contributed by atoms with Crippen molar-refractivity contribution in [1.82, 2.24) is 4.98 Å². The smallest absolute Gasteiger partial charge is 0.341 e. The third kappa shape index (κ3) is 6.95. The molecule has 188 valence electrons. The van der Waals surface area contributed by atoms with Crippen molar-refractivity contribution in [3.63, 3.8) is 0 Å². The van der Waals surface area contributed by atoms with Gasteiger partial charge in [0.15, 0.2) is 11.6 Å². The molecule has 0 saturated heterocycles. The van der Waals surface area contributed by atoms with E-state index < -0.39 is 5.97 Å². The lowest BCUT2D eigenvalue weighted by Crippen LogP contribution is -2.09. The Bertz CT molecular complexity index is 1260. The molecule has 3 aromatic rings. The number of ketones is 2. The van der Waals surface area contributed by atoms with Gasteiger partial charge in [-0.1, -0.05) is 0 Å². The third-order valence-electron chi connectivity index (χ3n) is 5.25. The molecule has 0 amide bonds. The lowest BCUT2D eigenvalue weighted by Gasteiger charge is -2.14. The Balaban J connectivity index is 1.78. The van der Waals surface area contributed by atoms with Crippen LogP contribution in [0.15, 0.2) is 59.8 Å². The summed E-state index contributed by atoms with van der Waals surface area (Å²) in [6, 6.07) is 13.7. The largest absolute Gasteiger partial charge is 0.494 e. The van der Waals surface area contributed by atoms with Crippen LogP contribution < -0.4 is 9.47 Å². The van der Waals surface area contributed by atoms with Crippen molar-refractivity contribution in [2.75, 3.05) is 13.2 Å². The fraction of sp³-hybridized carbons (Fsp3) is 0.286. The molecular formula is C28H29NO6S. The summed E-state index contributed by atoms with van der Waals surface area (Å²) < 4.78 is 16.9. The number of ether oxygens (including phenoxy) is 3. The summed E-state index contributed by atoms with van der Waals surface area (Å²) in [5.41, 5.74) is 2.87. The highest BCUT2D eigenvalue weighted by molar-refractivity contribution is 7.98. The van der Waals surface area contributed by atoms with Crippen LogP contribution in [0.1, 0.15) is 69.9 Å². The molecule has 0 aliphatic rings. The monoisotopic (exact) mass is 507 g/mol. The van der Waals surface area contributed by atoms with E-state index in [0.717, 1.165) is 5.56 Å². The van der Waals surface area contributed by atoms with Crippen molar-refractivity contribution in [3.8, 4) is 11.5 Å². The molecule has 7 nitrogen and oxygen atoms in total. The second-order valence-corrected chi connectivity index (χ2v) is 8.81. The van der Waals surface area contributed by atoms with Gasteiger partial charge in [0.05, 0.1) is 18.8 Å². The summed E-state index contributed by atoms with van der Waals surface area (Å²) in [6.45, 7) is 7.63. The maximum atomic E-state index is 13.0. The van der Waals surface area contributed by atoms with Crippen molar-refractivity contribution in [2.45, 2.75) is 45.1 Å². The summed E-state index contributed by atoms with van der Waals surface area (Å²) in [5, 5.41) is 0.501. The standard InChI is InChI=1S/C28H29NO6S/c1-5-33-25-11-9-20(18(3)30)14-22(25)16-35-28(32)24-8-7-13-29-27(24)36-17-23-15-21(19(4)31)10-12-26(23)34-6-2/h7-15H,5-6,16-17H2,1-4H3. The number of carbonyl (C=O) groups is 3. The number of hydrogen-bond donors (Lipinski definition) is 0. The SMILES string of the molecule is CCOc1ccc(C(C)=O)cc1COC(=O)c1cccnc1SCc1cc(C(C)=O)ccc1OCC. The Morgan fingerprint density at radius 3 is 2.00 bits per heavy atom. The van der Waals surface area contributed by atoms with Gasteiger partial charge in [-0.25, -0.2) is 9.78 Å². The minimum Gasteiger partial charge on any atom is -0.494 e. The Hall–Kier alpha value is -3.65. The summed E-state index contributed by atoms with van der Waals surface area (Å²) in [7, 11) is 0. The van der Waals surface area contributed by atoms with Gasteiger partial charge >= 0.3 is 5.97 Å². The molecule has 1 aromatic heterocycles. The van der Waals surface area contributed by atoms with Crippen LogP contribution in [0.4, 0.5) is 0 Å². The molecule has 2 aromatic carbocycles. The Morgan fingerprint density at radius 2 is 1.42 bits per heavy atom. The number of nitrogens with zero attached hydrogens (tertiary/aromatic N) is 1. The number of carbonyl (C=O) groups excluding carboxylic acids is 3. The van der Waals surface area contributed by atoms with Crippen molar-refractivity contribution in [1.29, 1.82) is 0 Å². The van der Waals surface area contributed by atoms with Crippen LogP contribution in [0.2, 0.25) is 0 Å². The van der Waals surface area contributed by atoms with E-state index in [1.807, 2.05) is 13.8 Å². The van der Waals surface area contributed by atoms with E-state index in [1.54, 1.807) is 54.7 Å². The van der Waals surface area contributed by atoms with Gasteiger partial charge in [-0.05, 0) is 76.2 Å². The van der Waals surface area contributed by atoms with Gasteiger partial charge in [-0.3, -0.25) is 9.59 Å². The van der Waals surface area contributed by atoms with E-state index in [2.05, 4.69) is 4.98 Å². The highest BCUT2D eigenvalue weighted by atomic mass is 32.2. The lowest BCUT2D eigenvalue weighted by atomic mass is 10.1. The number of benzene rings is 2. The van der Waals surface area contributed by atoms with E-state index in [1.165, 1.54) is 25.6 Å². The first-order valence-electron chi connectivity index (χ1n) is 11.6. The van der Waals surface area contributed by atoms with E-state index in [9.17, 15) is 14.4 Å². The van der Waals surface area contributed by atoms with Gasteiger partial charge in [-0.2, -0.15) is 0 Å². The summed E-state index contributed by atoms with van der Waals surface area (Å²) in [6.07, 6.45) is 1.61. The van der Waals surface area contributed by atoms with Gasteiger partial charge in [-0.15, -0.1) is 11.8 Å². The normalized spacial score (nSPS) is 10.6. The number of rotatable bonds is 12. The number of pyridine rings is 1. The highest BCUT2D eigenvalue weighted by Gasteiger charge is 2.17. The second kappa shape index (κ2) is 12.9. The molecule has 1 heterocycles. The molecule has 0 spiro atoms. The predicted molar refractivity (Wildman–Crippen MR) is 138 cm³/mol. The molecule has 0 radical (unpaired) electrons. The maximum Gasteiger partial charge on any atom is 0.341 e. The van der Waals surface area contributed by atoms with Crippen molar-refractivity contribution in [2.24, 2.45) is 0 Å². The van der Waals surface area contributed by atoms with Gasteiger partial charge in [0.1, 0.15) is 23.1 Å². The average Bonchev–Trinajstić information content (AvgIpc) is 2.87. The van der Waals surface area contributed by atoms with Crippen molar-refractivity contribution < 1.29 is 28.6 Å². The average molecular weight is 508 g/mol. The minimum atomic E-state index is -0.538. The molecule has 0 bridgehead atoms. The van der Waals surface area contributed by atoms with Crippen LogP contribution in [-0.4, -0.2) is 35.7 Å². The summed E-state index contributed by atoms with van der Waals surface area (Å²) in [4.78, 5) is 41.0. The molecule has 0 unspecified atom stereocenters. The molecule has 0 atom stereocenters. The molecule has 0 aliphatic carbocycles. The molecule has 0 aliphatic heterocycles. The van der Waals surface area contributed by atoms with E-state index in [-0.39, 0.29) is 18.2 Å². The minimum absolute atomic E-state index is 0.0355. The molecule has 36 heavy (non-hydrogen) atoms. The van der Waals surface area contributed by atoms with Crippen LogP contribution in [0.25, 0.3) is 0 Å². The predicted octanol–water partition coefficient (Wildman–Crippen LogP) is 5.93. The van der Waals surface area contributed by atoms with Gasteiger partial charge < -0.3 is 14.2 Å². The summed E-state index contributed by atoms with van der Waals surface area (Å²) >= 11 is 1.36. The molecule has 0 fully saturated rings. The van der Waals surface area contributed by atoms with E-state index in [0.29, 0.717) is 57.7 Å². The highest BCUT2D eigenvalue weighted by Crippen LogP contribution is 2.31. The Kier molecular flexibility index (Phi) is 9.64. The van der Waals surface area contributed by atoms with Crippen LogP contribution in [0.3, 0.4) is 0 Å². The second-order valence-electron chi connectivity index (χ2n) is 7.84. The number of thioether (sulfide) groups is 1. The van der Waals surface area contributed by atoms with Crippen LogP contribution >= 0.6 is 11.8 Å². The topological polar surface area (TPSA) is 91.8 Å². The number of esters is 1. The van der Waals surface area contributed by atoms with Gasteiger partial charge in [0.25, 0.3) is 0 Å². The summed E-state index contributed by atoms with van der Waals surface area (Å²) in [5.74, 6) is 1.03. The Morgan fingerprint density at radius 1 is 0.833 bits per heavy atom. The van der Waals surface area contributed by atoms with Crippen LogP contribution in [-0.2, 0) is 17.1 Å². The van der Waals surface area contributed by atoms with Crippen molar-refractivity contribution in [3.05, 3.63) is 82.5 Å². The molecule has 0 saturated carbocycles. The molecule has 8 heteroatoms. The zero-order valence-corrected chi connectivity index (χ0v) is 21.6. The zero-order valence-electron chi connectivity index (χ0n) is 20.8. The number of aromatic nitrogens is 1. The zero-order chi connectivity index (χ0) is 26.1. The maximum absolute atomic E-state index is 13.0. The first-order chi connectivity index (χ1) is 17.3. The molecule has 0 N–H and O–H groups in total. The fourth-order valence-electron chi connectivity index (χ4n) is 3.44. The van der Waals surface area contributed by atoms with Crippen LogP contribution in [0, 0.1) is 0 Å². The quantitative estimate of drug-likeness (QED) is 0.169. The van der Waals surface area contributed by atoms with Gasteiger partial charge in [0, 0.05) is 34.2 Å². The first-order valence-corrected chi connectivity index (χ1v) is 12.6. The lowest BCUT2D eigenvalue weighted by molar-refractivity contribution is 0.0464. The van der Waals surface area contributed by atoms with Crippen LogP contribution in [0.5, 0.6) is 11.5 Å². The van der Waals surface area contributed by atoms with E-state index >= 15 is 0 Å². The molecular weight excluding hydrogens is 478 g/mol. The fourth-order valence-corrected chi connectivity index (χ4v) is 4.40. The number of Topliss-reactive ketones (excluding diaryl/α,β-unsaturated/α-hetero) is 2. The molecule has 3 rings (SSSR count). The number of hydrogen-bond acceptors (Lipinski definition) is 8. The van der Waals surface area contributed by atoms with E-state index in [4.69, 9.17) is 14.2 Å². The third-order valence-corrected chi connectivity index (χ3v) is 6.30. The Labute approximate surface area is 215 Å². The van der Waals surface area contributed by atoms with Crippen molar-refractivity contribution >= 4 is 29.3 Å². The van der Waals surface area contributed by atoms with Gasteiger partial charge in [0.2, 0.25) is 0 Å².